The van der Waals surface area contributed by atoms with Gasteiger partial charge in [0.2, 0.25) is 0 Å². The summed E-state index contributed by atoms with van der Waals surface area (Å²) in [5, 5.41) is 10.4. The van der Waals surface area contributed by atoms with Crippen LogP contribution in [0, 0.1) is 12.7 Å². The molecule has 1 aliphatic rings. The van der Waals surface area contributed by atoms with Crippen LogP contribution in [0.5, 0.6) is 0 Å². The maximum Gasteiger partial charge on any atom is 0.132 e. The van der Waals surface area contributed by atoms with E-state index in [9.17, 15) is 9.50 Å². The van der Waals surface area contributed by atoms with E-state index < -0.39 is 5.60 Å². The quantitative estimate of drug-likeness (QED) is 0.797. The van der Waals surface area contributed by atoms with Gasteiger partial charge in [-0.2, -0.15) is 0 Å². The first-order valence-corrected chi connectivity index (χ1v) is 6.86. The van der Waals surface area contributed by atoms with Gasteiger partial charge in [0.25, 0.3) is 0 Å². The molecular weight excluding hydrogens is 223 g/mol. The lowest BCUT2D eigenvalue weighted by Crippen LogP contribution is -2.23. The molecule has 0 spiro atoms. The van der Waals surface area contributed by atoms with Gasteiger partial charge in [0.05, 0.1) is 5.60 Å². The van der Waals surface area contributed by atoms with Gasteiger partial charge in [-0.25, -0.2) is 4.39 Å². The zero-order valence-corrected chi connectivity index (χ0v) is 10.5. The second-order valence-corrected chi connectivity index (χ2v) is 5.42. The van der Waals surface area contributed by atoms with Crippen molar-refractivity contribution >= 4 is 11.8 Å². The maximum atomic E-state index is 14.0. The van der Waals surface area contributed by atoms with Crippen molar-refractivity contribution < 1.29 is 9.50 Å². The van der Waals surface area contributed by atoms with Gasteiger partial charge < -0.3 is 5.11 Å². The van der Waals surface area contributed by atoms with Crippen molar-refractivity contribution in [3.63, 3.8) is 0 Å². The lowest BCUT2D eigenvalue weighted by Gasteiger charge is -2.24. The number of hydrogen-bond donors (Lipinski definition) is 1. The van der Waals surface area contributed by atoms with Crippen LogP contribution < -0.4 is 0 Å². The Kier molecular flexibility index (Phi) is 3.27. The highest BCUT2D eigenvalue weighted by Gasteiger charge is 2.35. The van der Waals surface area contributed by atoms with E-state index in [2.05, 4.69) is 0 Å². The highest BCUT2D eigenvalue weighted by atomic mass is 32.2. The fourth-order valence-electron chi connectivity index (χ4n) is 2.42. The molecule has 0 amide bonds. The van der Waals surface area contributed by atoms with Gasteiger partial charge in [-0.15, -0.1) is 11.8 Å². The monoisotopic (exact) mass is 240 g/mol. The minimum atomic E-state index is -0.930. The fraction of sp³-hybridized carbons (Fsp3) is 0.538. The third-order valence-electron chi connectivity index (χ3n) is 3.40. The summed E-state index contributed by atoms with van der Waals surface area (Å²) >= 11 is 1.59. The van der Waals surface area contributed by atoms with Gasteiger partial charge in [-0.05, 0) is 43.7 Å². The number of rotatable bonds is 2. The molecule has 1 nitrogen and oxygen atoms in total. The SMILES string of the molecule is CSc1cc(C)c(F)c(C2(O)CCCC2)c1. The Labute approximate surface area is 100 Å². The average molecular weight is 240 g/mol. The summed E-state index contributed by atoms with van der Waals surface area (Å²) in [4.78, 5) is 1.02. The van der Waals surface area contributed by atoms with Crippen molar-refractivity contribution in [2.45, 2.75) is 43.1 Å². The number of aliphatic hydroxyl groups is 1. The Balaban J connectivity index is 2.50. The molecule has 16 heavy (non-hydrogen) atoms. The summed E-state index contributed by atoms with van der Waals surface area (Å²) in [7, 11) is 0. The third kappa shape index (κ3) is 1.98. The Hall–Kier alpha value is -0.540. The molecule has 0 radical (unpaired) electrons. The molecule has 88 valence electrons. The van der Waals surface area contributed by atoms with E-state index in [1.165, 1.54) is 0 Å². The van der Waals surface area contributed by atoms with Crippen LogP contribution in [0.4, 0.5) is 4.39 Å². The van der Waals surface area contributed by atoms with Crippen molar-refractivity contribution in [3.8, 4) is 0 Å². The zero-order valence-electron chi connectivity index (χ0n) is 9.72. The van der Waals surface area contributed by atoms with E-state index in [1.807, 2.05) is 12.3 Å². The van der Waals surface area contributed by atoms with Crippen LogP contribution >= 0.6 is 11.8 Å². The molecule has 0 heterocycles. The molecule has 0 atom stereocenters. The predicted octanol–water partition coefficient (Wildman–Crippen LogP) is 3.62. The summed E-state index contributed by atoms with van der Waals surface area (Å²) in [6.07, 6.45) is 5.30. The average Bonchev–Trinajstić information content (AvgIpc) is 2.70. The first-order valence-electron chi connectivity index (χ1n) is 5.64. The zero-order chi connectivity index (χ0) is 11.8. The minimum Gasteiger partial charge on any atom is -0.385 e. The third-order valence-corrected chi connectivity index (χ3v) is 4.10. The Morgan fingerprint density at radius 1 is 1.31 bits per heavy atom. The number of thioether (sulfide) groups is 1. The van der Waals surface area contributed by atoms with E-state index >= 15 is 0 Å². The molecular formula is C13H17FOS. The van der Waals surface area contributed by atoms with Gasteiger partial charge in [0.1, 0.15) is 5.82 Å². The van der Waals surface area contributed by atoms with Crippen molar-refractivity contribution in [1.82, 2.24) is 0 Å². The van der Waals surface area contributed by atoms with Crippen molar-refractivity contribution in [1.29, 1.82) is 0 Å². The van der Waals surface area contributed by atoms with Gasteiger partial charge in [0.15, 0.2) is 0 Å². The summed E-state index contributed by atoms with van der Waals surface area (Å²) in [5.74, 6) is -0.234. The van der Waals surface area contributed by atoms with Gasteiger partial charge in [0, 0.05) is 10.5 Å². The molecule has 0 aliphatic heterocycles. The van der Waals surface area contributed by atoms with Crippen LogP contribution in [0.25, 0.3) is 0 Å². The van der Waals surface area contributed by atoms with Crippen molar-refractivity contribution in [2.75, 3.05) is 6.26 Å². The summed E-state index contributed by atoms with van der Waals surface area (Å²) < 4.78 is 14.0. The number of hydrogen-bond acceptors (Lipinski definition) is 2. The molecule has 1 fully saturated rings. The standard InChI is InChI=1S/C13H17FOS/c1-9-7-10(16-2)8-11(12(9)14)13(15)5-3-4-6-13/h7-8,15H,3-6H2,1-2H3. The van der Waals surface area contributed by atoms with Gasteiger partial charge in [-0.1, -0.05) is 12.8 Å². The predicted molar refractivity (Wildman–Crippen MR) is 65.3 cm³/mol. The van der Waals surface area contributed by atoms with Crippen LogP contribution in [0.15, 0.2) is 17.0 Å². The molecule has 0 aromatic heterocycles. The molecule has 1 N–H and O–H groups in total. The van der Waals surface area contributed by atoms with Gasteiger partial charge >= 0.3 is 0 Å². The van der Waals surface area contributed by atoms with Crippen LogP contribution in [-0.2, 0) is 5.60 Å². The highest BCUT2D eigenvalue weighted by Crippen LogP contribution is 2.41. The molecule has 0 unspecified atom stereocenters. The molecule has 1 aliphatic carbocycles. The molecule has 0 bridgehead atoms. The number of aryl methyl sites for hydroxylation is 1. The Morgan fingerprint density at radius 3 is 2.50 bits per heavy atom. The Morgan fingerprint density at radius 2 is 1.94 bits per heavy atom. The van der Waals surface area contributed by atoms with Crippen molar-refractivity contribution in [3.05, 3.63) is 29.1 Å². The second kappa shape index (κ2) is 4.38. The first kappa shape index (κ1) is 11.9. The van der Waals surface area contributed by atoms with E-state index in [0.29, 0.717) is 24.0 Å². The van der Waals surface area contributed by atoms with Crippen LogP contribution in [0.3, 0.4) is 0 Å². The highest BCUT2D eigenvalue weighted by molar-refractivity contribution is 7.98. The minimum absolute atomic E-state index is 0.234. The summed E-state index contributed by atoms with van der Waals surface area (Å²) in [5.41, 5.74) is 0.192. The van der Waals surface area contributed by atoms with Crippen LogP contribution in [-0.4, -0.2) is 11.4 Å². The first-order chi connectivity index (χ1) is 7.57. The molecule has 3 heteroatoms. The summed E-state index contributed by atoms with van der Waals surface area (Å²) in [6, 6.07) is 3.64. The van der Waals surface area contributed by atoms with Gasteiger partial charge in [-0.3, -0.25) is 0 Å². The topological polar surface area (TPSA) is 20.2 Å². The molecule has 2 rings (SSSR count). The molecule has 1 saturated carbocycles. The van der Waals surface area contributed by atoms with E-state index in [4.69, 9.17) is 0 Å². The van der Waals surface area contributed by atoms with Crippen LogP contribution in [0.2, 0.25) is 0 Å². The van der Waals surface area contributed by atoms with E-state index in [-0.39, 0.29) is 5.82 Å². The normalized spacial score (nSPS) is 19.0. The molecule has 1 aromatic rings. The largest absolute Gasteiger partial charge is 0.385 e. The number of halogens is 1. The second-order valence-electron chi connectivity index (χ2n) is 4.54. The summed E-state index contributed by atoms with van der Waals surface area (Å²) in [6.45, 7) is 1.76. The fourth-order valence-corrected chi connectivity index (χ4v) is 2.95. The van der Waals surface area contributed by atoms with Crippen molar-refractivity contribution in [2.24, 2.45) is 0 Å². The van der Waals surface area contributed by atoms with E-state index in [1.54, 1.807) is 24.8 Å². The van der Waals surface area contributed by atoms with Crippen LogP contribution in [0.1, 0.15) is 36.8 Å². The lowest BCUT2D eigenvalue weighted by atomic mass is 9.90. The Bertz CT molecular complexity index is 397. The maximum absolute atomic E-state index is 14.0. The van der Waals surface area contributed by atoms with E-state index in [0.717, 1.165) is 17.7 Å². The lowest BCUT2D eigenvalue weighted by molar-refractivity contribution is 0.0404. The smallest absolute Gasteiger partial charge is 0.132 e. The molecule has 0 saturated heterocycles. The molecule has 1 aromatic carbocycles. The number of benzene rings is 1.